The van der Waals surface area contributed by atoms with E-state index in [-0.39, 0.29) is 6.61 Å². The molecule has 2 rings (SSSR count). The maximum atomic E-state index is 9.67. The van der Waals surface area contributed by atoms with Gasteiger partial charge in [0, 0.05) is 8.59 Å². The molecular formula is C14H13ClINO. The summed E-state index contributed by atoms with van der Waals surface area (Å²) in [7, 11) is 0. The molecule has 0 spiro atoms. The lowest BCUT2D eigenvalue weighted by atomic mass is 9.84. The fourth-order valence-corrected chi connectivity index (χ4v) is 2.33. The number of rotatable bonds is 3. The van der Waals surface area contributed by atoms with Gasteiger partial charge in [0.05, 0.1) is 12.1 Å². The molecule has 0 heterocycles. The second-order valence-electron chi connectivity index (χ2n) is 4.14. The minimum atomic E-state index is -0.894. The predicted octanol–water partition coefficient (Wildman–Crippen LogP) is 3.14. The molecule has 0 aliphatic rings. The van der Waals surface area contributed by atoms with E-state index in [1.807, 2.05) is 36.4 Å². The Morgan fingerprint density at radius 2 is 1.44 bits per heavy atom. The Balaban J connectivity index is 2.47. The van der Waals surface area contributed by atoms with Crippen molar-refractivity contribution in [2.75, 3.05) is 6.61 Å². The molecule has 3 N–H and O–H groups in total. The van der Waals surface area contributed by atoms with Gasteiger partial charge in [0.15, 0.2) is 0 Å². The number of nitrogens with two attached hydrogens (primary N) is 1. The summed E-state index contributed by atoms with van der Waals surface area (Å²) < 4.78 is 1.13. The van der Waals surface area contributed by atoms with Crippen molar-refractivity contribution in [2.45, 2.75) is 5.54 Å². The van der Waals surface area contributed by atoms with Gasteiger partial charge in [-0.2, -0.15) is 0 Å². The van der Waals surface area contributed by atoms with E-state index in [4.69, 9.17) is 17.3 Å². The van der Waals surface area contributed by atoms with Gasteiger partial charge in [0.2, 0.25) is 0 Å². The molecular weight excluding hydrogens is 361 g/mol. The summed E-state index contributed by atoms with van der Waals surface area (Å²) in [6.45, 7) is -0.158. The molecule has 18 heavy (non-hydrogen) atoms. The Hall–Kier alpha value is -0.620. The van der Waals surface area contributed by atoms with Gasteiger partial charge < -0.3 is 10.8 Å². The first kappa shape index (κ1) is 13.8. The van der Waals surface area contributed by atoms with Crippen molar-refractivity contribution in [3.05, 3.63) is 68.3 Å². The highest BCUT2D eigenvalue weighted by Gasteiger charge is 2.28. The van der Waals surface area contributed by atoms with Crippen LogP contribution in [0.4, 0.5) is 0 Å². The number of hydrogen-bond acceptors (Lipinski definition) is 2. The van der Waals surface area contributed by atoms with Crippen LogP contribution in [-0.4, -0.2) is 11.7 Å². The first-order valence-electron chi connectivity index (χ1n) is 5.48. The molecule has 0 amide bonds. The highest BCUT2D eigenvalue weighted by molar-refractivity contribution is 14.1. The lowest BCUT2D eigenvalue weighted by Crippen LogP contribution is -2.41. The van der Waals surface area contributed by atoms with E-state index in [0.717, 1.165) is 14.7 Å². The zero-order valence-corrected chi connectivity index (χ0v) is 12.5. The Kier molecular flexibility index (Phi) is 4.27. The predicted molar refractivity (Wildman–Crippen MR) is 82.7 cm³/mol. The van der Waals surface area contributed by atoms with E-state index in [1.165, 1.54) is 0 Å². The van der Waals surface area contributed by atoms with Gasteiger partial charge in [0.1, 0.15) is 0 Å². The van der Waals surface area contributed by atoms with E-state index < -0.39 is 5.54 Å². The Morgan fingerprint density at radius 1 is 1.00 bits per heavy atom. The molecule has 0 saturated carbocycles. The highest BCUT2D eigenvalue weighted by Crippen LogP contribution is 2.28. The van der Waals surface area contributed by atoms with Gasteiger partial charge in [0.25, 0.3) is 0 Å². The largest absolute Gasteiger partial charge is 0.394 e. The van der Waals surface area contributed by atoms with Crippen LogP contribution < -0.4 is 5.73 Å². The van der Waals surface area contributed by atoms with Crippen LogP contribution in [0.1, 0.15) is 11.1 Å². The first-order chi connectivity index (χ1) is 8.56. The van der Waals surface area contributed by atoms with Gasteiger partial charge >= 0.3 is 0 Å². The van der Waals surface area contributed by atoms with Gasteiger partial charge in [-0.15, -0.1) is 0 Å². The zero-order valence-electron chi connectivity index (χ0n) is 9.61. The minimum absolute atomic E-state index is 0.158. The van der Waals surface area contributed by atoms with Crippen molar-refractivity contribution in [2.24, 2.45) is 5.73 Å². The molecule has 0 aliphatic heterocycles. The molecule has 94 valence electrons. The van der Waals surface area contributed by atoms with E-state index in [9.17, 15) is 5.11 Å². The molecule has 0 saturated heterocycles. The molecule has 2 aromatic rings. The lowest BCUT2D eigenvalue weighted by Gasteiger charge is -2.28. The molecule has 2 aromatic carbocycles. The molecule has 2 nitrogen and oxygen atoms in total. The minimum Gasteiger partial charge on any atom is -0.394 e. The van der Waals surface area contributed by atoms with E-state index in [2.05, 4.69) is 22.6 Å². The zero-order chi connectivity index (χ0) is 13.2. The third-order valence-electron chi connectivity index (χ3n) is 2.97. The SMILES string of the molecule is N[C@](CO)(c1ccc(Cl)cc1)c1ccc(I)cc1. The molecule has 4 heteroatoms. The molecule has 0 radical (unpaired) electrons. The number of benzene rings is 2. The number of halogens is 2. The summed E-state index contributed by atoms with van der Waals surface area (Å²) in [5.74, 6) is 0. The van der Waals surface area contributed by atoms with Crippen molar-refractivity contribution in [1.29, 1.82) is 0 Å². The summed E-state index contributed by atoms with van der Waals surface area (Å²) in [5.41, 5.74) is 7.18. The standard InChI is InChI=1S/C14H13ClINO/c15-12-5-1-10(2-6-12)14(17,9-18)11-3-7-13(16)8-4-11/h1-8,18H,9,17H2/t14-/m1/s1. The third-order valence-corrected chi connectivity index (χ3v) is 3.94. The molecule has 0 fully saturated rings. The maximum absolute atomic E-state index is 9.67. The third kappa shape index (κ3) is 2.69. The van der Waals surface area contributed by atoms with Crippen LogP contribution >= 0.6 is 34.2 Å². The van der Waals surface area contributed by atoms with E-state index in [0.29, 0.717) is 5.02 Å². The van der Waals surface area contributed by atoms with Crippen LogP contribution in [0.3, 0.4) is 0 Å². The van der Waals surface area contributed by atoms with Crippen LogP contribution in [0.2, 0.25) is 5.02 Å². The first-order valence-corrected chi connectivity index (χ1v) is 6.94. The van der Waals surface area contributed by atoms with Gasteiger partial charge in [-0.25, -0.2) is 0 Å². The van der Waals surface area contributed by atoms with E-state index in [1.54, 1.807) is 12.1 Å². The molecule has 0 aliphatic carbocycles. The van der Waals surface area contributed by atoms with Crippen molar-refractivity contribution >= 4 is 34.2 Å². The average Bonchev–Trinajstić information content (AvgIpc) is 2.39. The van der Waals surface area contributed by atoms with E-state index >= 15 is 0 Å². The number of hydrogen-bond donors (Lipinski definition) is 2. The van der Waals surface area contributed by atoms with Crippen LogP contribution in [0.25, 0.3) is 0 Å². The Bertz CT molecular complexity index is 479. The maximum Gasteiger partial charge on any atom is 0.0900 e. The van der Waals surface area contributed by atoms with Crippen LogP contribution in [-0.2, 0) is 5.54 Å². The topological polar surface area (TPSA) is 46.2 Å². The average molecular weight is 374 g/mol. The molecule has 0 aromatic heterocycles. The molecule has 0 unspecified atom stereocenters. The second kappa shape index (κ2) is 5.57. The van der Waals surface area contributed by atoms with Crippen molar-refractivity contribution in [3.8, 4) is 0 Å². The normalized spacial score (nSPS) is 14.2. The Labute approximate surface area is 125 Å². The van der Waals surface area contributed by atoms with Gasteiger partial charge in [-0.3, -0.25) is 0 Å². The molecule has 0 bridgehead atoms. The van der Waals surface area contributed by atoms with Crippen molar-refractivity contribution < 1.29 is 5.11 Å². The quantitative estimate of drug-likeness (QED) is 0.812. The summed E-state index contributed by atoms with van der Waals surface area (Å²) >= 11 is 8.10. The lowest BCUT2D eigenvalue weighted by molar-refractivity contribution is 0.223. The summed E-state index contributed by atoms with van der Waals surface area (Å²) in [5, 5.41) is 10.3. The van der Waals surface area contributed by atoms with Crippen molar-refractivity contribution in [1.82, 2.24) is 0 Å². The van der Waals surface area contributed by atoms with Gasteiger partial charge in [-0.1, -0.05) is 35.9 Å². The van der Waals surface area contributed by atoms with Crippen LogP contribution in [0.5, 0.6) is 0 Å². The summed E-state index contributed by atoms with van der Waals surface area (Å²) in [4.78, 5) is 0. The summed E-state index contributed by atoms with van der Waals surface area (Å²) in [6, 6.07) is 15.1. The second-order valence-corrected chi connectivity index (χ2v) is 5.83. The van der Waals surface area contributed by atoms with Crippen molar-refractivity contribution in [3.63, 3.8) is 0 Å². The fourth-order valence-electron chi connectivity index (χ4n) is 1.84. The number of aliphatic hydroxyl groups excluding tert-OH is 1. The monoisotopic (exact) mass is 373 g/mol. The van der Waals surface area contributed by atoms with Gasteiger partial charge in [-0.05, 0) is 58.0 Å². The van der Waals surface area contributed by atoms with Crippen LogP contribution in [0, 0.1) is 3.57 Å². The van der Waals surface area contributed by atoms with Crippen LogP contribution in [0.15, 0.2) is 48.5 Å². The summed E-state index contributed by atoms with van der Waals surface area (Å²) in [6.07, 6.45) is 0. The smallest absolute Gasteiger partial charge is 0.0900 e. The highest BCUT2D eigenvalue weighted by atomic mass is 127. The Morgan fingerprint density at radius 3 is 1.89 bits per heavy atom. The number of aliphatic hydroxyl groups is 1. The fraction of sp³-hybridized carbons (Fsp3) is 0.143. The molecule has 1 atom stereocenters.